The molecule has 108 valence electrons. The van der Waals surface area contributed by atoms with E-state index in [1.54, 1.807) is 0 Å². The first-order valence-corrected chi connectivity index (χ1v) is 7.61. The molecule has 1 heterocycles. The molecule has 0 spiro atoms. The number of aromatic nitrogens is 2. The minimum atomic E-state index is -0.0140. The summed E-state index contributed by atoms with van der Waals surface area (Å²) in [4.78, 5) is 6.88. The molecular formula is C15H22N4S. The van der Waals surface area contributed by atoms with Gasteiger partial charge in [0.25, 0.3) is 0 Å². The molecule has 20 heavy (non-hydrogen) atoms. The molecule has 0 fully saturated rings. The normalized spacial score (nSPS) is 11.6. The summed E-state index contributed by atoms with van der Waals surface area (Å²) in [5.41, 5.74) is 7.96. The Morgan fingerprint density at radius 1 is 1.25 bits per heavy atom. The zero-order chi connectivity index (χ0) is 14.8. The van der Waals surface area contributed by atoms with Crippen LogP contribution in [0.2, 0.25) is 0 Å². The van der Waals surface area contributed by atoms with E-state index in [-0.39, 0.29) is 5.41 Å². The Morgan fingerprint density at radius 3 is 2.50 bits per heavy atom. The van der Waals surface area contributed by atoms with Crippen LogP contribution in [0.15, 0.2) is 24.3 Å². The van der Waals surface area contributed by atoms with Crippen molar-refractivity contribution in [3.8, 4) is 0 Å². The Hall–Kier alpha value is -1.62. The Labute approximate surface area is 124 Å². The molecule has 0 atom stereocenters. The highest BCUT2D eigenvalue weighted by molar-refractivity contribution is 7.09. The first-order chi connectivity index (χ1) is 9.41. The van der Waals surface area contributed by atoms with Gasteiger partial charge < -0.3 is 10.6 Å². The van der Waals surface area contributed by atoms with E-state index in [1.165, 1.54) is 11.5 Å². The number of para-hydroxylation sites is 1. The fourth-order valence-electron chi connectivity index (χ4n) is 1.85. The van der Waals surface area contributed by atoms with E-state index in [0.717, 1.165) is 35.3 Å². The molecule has 0 unspecified atom stereocenters. The zero-order valence-corrected chi connectivity index (χ0v) is 13.4. The summed E-state index contributed by atoms with van der Waals surface area (Å²) in [6.45, 7) is 10.2. The van der Waals surface area contributed by atoms with E-state index < -0.39 is 0 Å². The summed E-state index contributed by atoms with van der Waals surface area (Å²) in [7, 11) is 0. The molecule has 5 heteroatoms. The van der Waals surface area contributed by atoms with Gasteiger partial charge in [-0.25, -0.2) is 4.98 Å². The molecule has 0 saturated heterocycles. The molecule has 0 radical (unpaired) electrons. The fourth-order valence-corrected chi connectivity index (χ4v) is 2.77. The molecule has 1 aromatic heterocycles. The van der Waals surface area contributed by atoms with Crippen LogP contribution in [0.5, 0.6) is 0 Å². The summed E-state index contributed by atoms with van der Waals surface area (Å²) >= 11 is 1.46. The van der Waals surface area contributed by atoms with Crippen LogP contribution in [0.3, 0.4) is 0 Å². The van der Waals surface area contributed by atoms with Crippen molar-refractivity contribution < 1.29 is 0 Å². The van der Waals surface area contributed by atoms with Crippen LogP contribution in [-0.4, -0.2) is 15.9 Å². The molecule has 2 rings (SSSR count). The SMILES string of the molecule is CCN(Cc1ccccc1N)c1nc(C(C)(C)C)ns1. The summed E-state index contributed by atoms with van der Waals surface area (Å²) < 4.78 is 4.48. The van der Waals surface area contributed by atoms with Gasteiger partial charge in [-0.3, -0.25) is 0 Å². The minimum Gasteiger partial charge on any atom is -0.398 e. The van der Waals surface area contributed by atoms with E-state index in [2.05, 4.69) is 48.0 Å². The smallest absolute Gasteiger partial charge is 0.205 e. The van der Waals surface area contributed by atoms with E-state index in [4.69, 9.17) is 5.73 Å². The number of anilines is 2. The lowest BCUT2D eigenvalue weighted by Gasteiger charge is -2.20. The summed E-state index contributed by atoms with van der Waals surface area (Å²) in [6, 6.07) is 7.96. The number of nitrogens with two attached hydrogens (primary N) is 1. The third-order valence-electron chi connectivity index (χ3n) is 3.15. The molecule has 0 amide bonds. The number of hydrogen-bond acceptors (Lipinski definition) is 5. The van der Waals surface area contributed by atoms with Gasteiger partial charge in [-0.15, -0.1) is 0 Å². The van der Waals surface area contributed by atoms with Crippen LogP contribution in [0.4, 0.5) is 10.8 Å². The van der Waals surface area contributed by atoms with Crippen LogP contribution < -0.4 is 10.6 Å². The first kappa shape index (κ1) is 14.8. The van der Waals surface area contributed by atoms with E-state index in [1.807, 2.05) is 18.2 Å². The van der Waals surface area contributed by atoms with Gasteiger partial charge >= 0.3 is 0 Å². The molecule has 0 saturated carbocycles. The van der Waals surface area contributed by atoms with Crippen LogP contribution in [-0.2, 0) is 12.0 Å². The van der Waals surface area contributed by atoms with Crippen molar-refractivity contribution in [3.63, 3.8) is 0 Å². The van der Waals surface area contributed by atoms with E-state index in [9.17, 15) is 0 Å². The Bertz CT molecular complexity index is 571. The molecule has 2 aromatic rings. The van der Waals surface area contributed by atoms with Gasteiger partial charge in [0.1, 0.15) is 5.82 Å². The van der Waals surface area contributed by atoms with Crippen molar-refractivity contribution in [2.45, 2.75) is 39.7 Å². The van der Waals surface area contributed by atoms with Crippen molar-refractivity contribution in [2.24, 2.45) is 0 Å². The third-order valence-corrected chi connectivity index (χ3v) is 3.93. The largest absolute Gasteiger partial charge is 0.398 e. The van der Waals surface area contributed by atoms with Crippen LogP contribution in [0, 0.1) is 0 Å². The highest BCUT2D eigenvalue weighted by Crippen LogP contribution is 2.26. The van der Waals surface area contributed by atoms with Crippen molar-refractivity contribution in [1.82, 2.24) is 9.36 Å². The highest BCUT2D eigenvalue weighted by Gasteiger charge is 2.21. The van der Waals surface area contributed by atoms with Gasteiger partial charge in [0.15, 0.2) is 0 Å². The van der Waals surface area contributed by atoms with Crippen molar-refractivity contribution in [3.05, 3.63) is 35.7 Å². The zero-order valence-electron chi connectivity index (χ0n) is 12.6. The van der Waals surface area contributed by atoms with E-state index >= 15 is 0 Å². The predicted molar refractivity (Wildman–Crippen MR) is 86.2 cm³/mol. The summed E-state index contributed by atoms with van der Waals surface area (Å²) in [5.74, 6) is 0.900. The Morgan fingerprint density at radius 2 is 1.95 bits per heavy atom. The fraction of sp³-hybridized carbons (Fsp3) is 0.467. The lowest BCUT2D eigenvalue weighted by Crippen LogP contribution is -2.23. The Kier molecular flexibility index (Phi) is 4.28. The van der Waals surface area contributed by atoms with Gasteiger partial charge in [0.05, 0.1) is 0 Å². The molecule has 0 aliphatic carbocycles. The number of benzene rings is 1. The molecule has 0 aliphatic rings. The van der Waals surface area contributed by atoms with Crippen molar-refractivity contribution in [2.75, 3.05) is 17.2 Å². The predicted octanol–water partition coefficient (Wildman–Crippen LogP) is 3.44. The van der Waals surface area contributed by atoms with Gasteiger partial charge in [0.2, 0.25) is 5.13 Å². The molecule has 4 nitrogen and oxygen atoms in total. The van der Waals surface area contributed by atoms with Gasteiger partial charge in [-0.1, -0.05) is 39.0 Å². The molecule has 0 bridgehead atoms. The Balaban J connectivity index is 2.21. The van der Waals surface area contributed by atoms with E-state index in [0.29, 0.717) is 0 Å². The minimum absolute atomic E-state index is 0.0140. The van der Waals surface area contributed by atoms with Crippen LogP contribution in [0.25, 0.3) is 0 Å². The topological polar surface area (TPSA) is 55.0 Å². The van der Waals surface area contributed by atoms with Crippen LogP contribution in [0.1, 0.15) is 39.1 Å². The summed E-state index contributed by atoms with van der Waals surface area (Å²) in [6.07, 6.45) is 0. The maximum atomic E-state index is 6.02. The van der Waals surface area contributed by atoms with Crippen molar-refractivity contribution in [1.29, 1.82) is 0 Å². The maximum absolute atomic E-state index is 6.02. The van der Waals surface area contributed by atoms with Crippen molar-refractivity contribution >= 4 is 22.4 Å². The molecule has 2 N–H and O–H groups in total. The number of rotatable bonds is 4. The van der Waals surface area contributed by atoms with Gasteiger partial charge in [0, 0.05) is 35.7 Å². The second-order valence-electron chi connectivity index (χ2n) is 5.86. The second-order valence-corrected chi connectivity index (χ2v) is 6.59. The van der Waals surface area contributed by atoms with Gasteiger partial charge in [-0.2, -0.15) is 4.37 Å². The molecular weight excluding hydrogens is 268 g/mol. The van der Waals surface area contributed by atoms with Crippen LogP contribution >= 0.6 is 11.5 Å². The molecule has 1 aromatic carbocycles. The second kappa shape index (κ2) is 5.79. The average molecular weight is 290 g/mol. The monoisotopic (exact) mass is 290 g/mol. The van der Waals surface area contributed by atoms with Gasteiger partial charge in [-0.05, 0) is 18.6 Å². The maximum Gasteiger partial charge on any atom is 0.205 e. The lowest BCUT2D eigenvalue weighted by atomic mass is 9.96. The standard InChI is InChI=1S/C15H22N4S/c1-5-19(10-11-8-6-7-9-12(11)16)14-17-13(18-20-14)15(2,3)4/h6-9H,5,10,16H2,1-4H3. The number of nitrogens with zero attached hydrogens (tertiary/aromatic N) is 3. The highest BCUT2D eigenvalue weighted by atomic mass is 32.1. The number of nitrogen functional groups attached to an aromatic ring is 1. The molecule has 0 aliphatic heterocycles. The lowest BCUT2D eigenvalue weighted by molar-refractivity contribution is 0.554. The average Bonchev–Trinajstić information content (AvgIpc) is 2.87. The third kappa shape index (κ3) is 3.28. The summed E-state index contributed by atoms with van der Waals surface area (Å²) in [5, 5.41) is 0.959. The quantitative estimate of drug-likeness (QED) is 0.876. The first-order valence-electron chi connectivity index (χ1n) is 6.84. The number of hydrogen-bond donors (Lipinski definition) is 1.